The van der Waals surface area contributed by atoms with Crippen LogP contribution in [0, 0.1) is 0 Å². The molecule has 0 aliphatic heterocycles. The van der Waals surface area contributed by atoms with Gasteiger partial charge in [0.15, 0.2) is 0 Å². The number of hydrogen-bond acceptors (Lipinski definition) is 3. The zero-order valence-corrected chi connectivity index (χ0v) is 10.6. The molecule has 0 spiro atoms. The summed E-state index contributed by atoms with van der Waals surface area (Å²) in [7, 11) is 0. The van der Waals surface area contributed by atoms with Crippen LogP contribution in [-0.2, 0) is 9.59 Å². The summed E-state index contributed by atoms with van der Waals surface area (Å²) in [5.41, 5.74) is 5.55. The molecule has 0 aromatic heterocycles. The highest BCUT2D eigenvalue weighted by molar-refractivity contribution is 5.82. The summed E-state index contributed by atoms with van der Waals surface area (Å²) in [6, 6.07) is -0.707. The molecule has 0 aromatic carbocycles. The smallest absolute Gasteiger partial charge is 0.303 e. The van der Waals surface area contributed by atoms with Crippen LogP contribution >= 0.6 is 0 Å². The van der Waals surface area contributed by atoms with Crippen LogP contribution in [-0.4, -0.2) is 29.6 Å². The van der Waals surface area contributed by atoms with Crippen molar-refractivity contribution < 1.29 is 14.7 Å². The molecule has 0 aliphatic rings. The summed E-state index contributed by atoms with van der Waals surface area (Å²) in [6.45, 7) is 2.78. The summed E-state index contributed by atoms with van der Waals surface area (Å²) in [5.74, 6) is -1.17. The Labute approximate surface area is 103 Å². The zero-order chi connectivity index (χ0) is 13.1. The molecule has 17 heavy (non-hydrogen) atoms. The average Bonchev–Trinajstić information content (AvgIpc) is 2.30. The summed E-state index contributed by atoms with van der Waals surface area (Å²) in [6.07, 6.45) is 5.81. The van der Waals surface area contributed by atoms with E-state index in [1.165, 1.54) is 19.3 Å². The second kappa shape index (κ2) is 10.1. The van der Waals surface area contributed by atoms with E-state index in [-0.39, 0.29) is 18.7 Å². The fourth-order valence-electron chi connectivity index (χ4n) is 1.48. The van der Waals surface area contributed by atoms with Crippen molar-refractivity contribution in [2.45, 2.75) is 57.9 Å². The predicted octanol–water partition coefficient (Wildman–Crippen LogP) is 1.27. The van der Waals surface area contributed by atoms with E-state index in [9.17, 15) is 9.59 Å². The van der Waals surface area contributed by atoms with Gasteiger partial charge in [-0.1, -0.05) is 32.6 Å². The van der Waals surface area contributed by atoms with E-state index in [0.717, 1.165) is 12.8 Å². The molecule has 0 bridgehead atoms. The molecule has 4 N–H and O–H groups in total. The minimum absolute atomic E-state index is 0.0644. The van der Waals surface area contributed by atoms with Crippen LogP contribution in [0.2, 0.25) is 0 Å². The van der Waals surface area contributed by atoms with E-state index in [4.69, 9.17) is 10.8 Å². The summed E-state index contributed by atoms with van der Waals surface area (Å²) in [4.78, 5) is 21.7. The van der Waals surface area contributed by atoms with Crippen molar-refractivity contribution in [2.24, 2.45) is 5.73 Å². The molecule has 1 atom stereocenters. The van der Waals surface area contributed by atoms with E-state index in [1.807, 2.05) is 0 Å². The minimum atomic E-state index is -0.923. The fraction of sp³-hybridized carbons (Fsp3) is 0.833. The minimum Gasteiger partial charge on any atom is -0.481 e. The SMILES string of the molecule is CCCCCCCNC(=O)[C@H](N)CCC(=O)O. The zero-order valence-electron chi connectivity index (χ0n) is 10.6. The van der Waals surface area contributed by atoms with Crippen molar-refractivity contribution in [3.63, 3.8) is 0 Å². The Balaban J connectivity index is 3.47. The van der Waals surface area contributed by atoms with Crippen LogP contribution in [0.15, 0.2) is 0 Å². The molecule has 100 valence electrons. The highest BCUT2D eigenvalue weighted by Crippen LogP contribution is 2.01. The lowest BCUT2D eigenvalue weighted by Gasteiger charge is -2.10. The Morgan fingerprint density at radius 2 is 1.88 bits per heavy atom. The van der Waals surface area contributed by atoms with Gasteiger partial charge >= 0.3 is 5.97 Å². The Bertz CT molecular complexity index is 232. The predicted molar refractivity (Wildman–Crippen MR) is 66.6 cm³/mol. The Kier molecular flexibility index (Phi) is 9.43. The van der Waals surface area contributed by atoms with Gasteiger partial charge in [0.1, 0.15) is 0 Å². The molecule has 0 rings (SSSR count). The van der Waals surface area contributed by atoms with Crippen molar-refractivity contribution in [2.75, 3.05) is 6.54 Å². The molecule has 0 aromatic rings. The van der Waals surface area contributed by atoms with Crippen molar-refractivity contribution in [1.82, 2.24) is 5.32 Å². The average molecular weight is 244 g/mol. The molecule has 0 saturated carbocycles. The second-order valence-corrected chi connectivity index (χ2v) is 4.24. The van der Waals surface area contributed by atoms with Gasteiger partial charge in [-0.15, -0.1) is 0 Å². The van der Waals surface area contributed by atoms with Gasteiger partial charge in [0.05, 0.1) is 6.04 Å². The van der Waals surface area contributed by atoms with Crippen molar-refractivity contribution >= 4 is 11.9 Å². The van der Waals surface area contributed by atoms with E-state index in [0.29, 0.717) is 6.54 Å². The third-order valence-electron chi connectivity index (χ3n) is 2.59. The lowest BCUT2D eigenvalue weighted by atomic mass is 10.1. The number of nitrogens with two attached hydrogens (primary N) is 1. The Morgan fingerprint density at radius 1 is 1.24 bits per heavy atom. The third kappa shape index (κ3) is 9.81. The number of unbranched alkanes of at least 4 members (excludes halogenated alkanes) is 4. The number of rotatable bonds is 10. The van der Waals surface area contributed by atoms with Crippen molar-refractivity contribution in [3.8, 4) is 0 Å². The first-order valence-corrected chi connectivity index (χ1v) is 6.33. The molecular weight excluding hydrogens is 220 g/mol. The van der Waals surface area contributed by atoms with Gasteiger partial charge < -0.3 is 16.2 Å². The molecule has 0 heterocycles. The fourth-order valence-corrected chi connectivity index (χ4v) is 1.48. The first-order valence-electron chi connectivity index (χ1n) is 6.33. The van der Waals surface area contributed by atoms with Crippen LogP contribution in [0.5, 0.6) is 0 Å². The number of carboxylic acids is 1. The van der Waals surface area contributed by atoms with Gasteiger partial charge in [-0.2, -0.15) is 0 Å². The van der Waals surface area contributed by atoms with Gasteiger partial charge in [0, 0.05) is 13.0 Å². The lowest BCUT2D eigenvalue weighted by molar-refractivity contribution is -0.137. The van der Waals surface area contributed by atoms with E-state index >= 15 is 0 Å². The van der Waals surface area contributed by atoms with Crippen LogP contribution in [0.1, 0.15) is 51.9 Å². The largest absolute Gasteiger partial charge is 0.481 e. The number of carbonyl (C=O) groups excluding carboxylic acids is 1. The van der Waals surface area contributed by atoms with Gasteiger partial charge in [0.2, 0.25) is 5.91 Å². The van der Waals surface area contributed by atoms with Gasteiger partial charge in [-0.3, -0.25) is 9.59 Å². The molecule has 0 aliphatic carbocycles. The van der Waals surface area contributed by atoms with E-state index in [2.05, 4.69) is 12.2 Å². The highest BCUT2D eigenvalue weighted by atomic mass is 16.4. The molecule has 0 radical (unpaired) electrons. The maximum atomic E-state index is 11.4. The molecule has 5 heteroatoms. The van der Waals surface area contributed by atoms with Crippen LogP contribution in [0.3, 0.4) is 0 Å². The molecule has 5 nitrogen and oxygen atoms in total. The number of amides is 1. The summed E-state index contributed by atoms with van der Waals surface area (Å²) in [5, 5.41) is 11.2. The normalized spacial score (nSPS) is 12.1. The van der Waals surface area contributed by atoms with Crippen molar-refractivity contribution in [1.29, 1.82) is 0 Å². The number of aliphatic carboxylic acids is 1. The summed E-state index contributed by atoms with van der Waals surface area (Å²) >= 11 is 0. The van der Waals surface area contributed by atoms with Gasteiger partial charge in [0.25, 0.3) is 0 Å². The van der Waals surface area contributed by atoms with Gasteiger partial charge in [-0.05, 0) is 12.8 Å². The van der Waals surface area contributed by atoms with E-state index in [1.54, 1.807) is 0 Å². The van der Waals surface area contributed by atoms with Crippen molar-refractivity contribution in [3.05, 3.63) is 0 Å². The maximum Gasteiger partial charge on any atom is 0.303 e. The topological polar surface area (TPSA) is 92.4 Å². The van der Waals surface area contributed by atoms with Crippen LogP contribution < -0.4 is 11.1 Å². The third-order valence-corrected chi connectivity index (χ3v) is 2.59. The molecule has 0 unspecified atom stereocenters. The highest BCUT2D eigenvalue weighted by Gasteiger charge is 2.13. The maximum absolute atomic E-state index is 11.4. The molecule has 0 fully saturated rings. The van der Waals surface area contributed by atoms with E-state index < -0.39 is 12.0 Å². The number of carbonyl (C=O) groups is 2. The van der Waals surface area contributed by atoms with Crippen LogP contribution in [0.25, 0.3) is 0 Å². The molecule has 1 amide bonds. The number of carboxylic acid groups (broad SMARTS) is 1. The molecule has 0 saturated heterocycles. The standard InChI is InChI=1S/C12H24N2O3/c1-2-3-4-5-6-9-14-12(17)10(13)7-8-11(15)16/h10H,2-9,13H2,1H3,(H,14,17)(H,15,16)/t10-/m1/s1. The van der Waals surface area contributed by atoms with Crippen LogP contribution in [0.4, 0.5) is 0 Å². The second-order valence-electron chi connectivity index (χ2n) is 4.24. The monoisotopic (exact) mass is 244 g/mol. The Hall–Kier alpha value is -1.10. The quantitative estimate of drug-likeness (QED) is 0.504. The Morgan fingerprint density at radius 3 is 2.47 bits per heavy atom. The molecular formula is C12H24N2O3. The first-order chi connectivity index (χ1) is 8.07. The summed E-state index contributed by atoms with van der Waals surface area (Å²) < 4.78 is 0. The first kappa shape index (κ1) is 15.9. The lowest BCUT2D eigenvalue weighted by Crippen LogP contribution is -2.41. The number of nitrogens with one attached hydrogen (secondary N) is 1. The van der Waals surface area contributed by atoms with Gasteiger partial charge in [-0.25, -0.2) is 0 Å². The number of hydrogen-bond donors (Lipinski definition) is 3.